The van der Waals surface area contributed by atoms with Crippen molar-refractivity contribution in [1.29, 1.82) is 0 Å². The largest absolute Gasteiger partial charge is 0.472 e. The van der Waals surface area contributed by atoms with E-state index in [1.807, 2.05) is 6.92 Å². The molecule has 0 aliphatic heterocycles. The van der Waals surface area contributed by atoms with Crippen molar-refractivity contribution in [2.45, 2.75) is 166 Å². The molecule has 1 saturated carbocycles. The first-order chi connectivity index (χ1) is 28.0. The van der Waals surface area contributed by atoms with Gasteiger partial charge in [0.25, 0.3) is 0 Å². The summed E-state index contributed by atoms with van der Waals surface area (Å²) in [6, 6.07) is 2.43. The summed E-state index contributed by atoms with van der Waals surface area (Å²) >= 11 is 0. The van der Waals surface area contributed by atoms with E-state index in [-0.39, 0.29) is 22.3 Å². The van der Waals surface area contributed by atoms with Crippen LogP contribution in [0.25, 0.3) is 0 Å². The van der Waals surface area contributed by atoms with Crippen LogP contribution in [0.1, 0.15) is 133 Å². The number of phosphoric ester groups is 2. The van der Waals surface area contributed by atoms with E-state index in [1.165, 1.54) is 51.4 Å². The van der Waals surface area contributed by atoms with Crippen LogP contribution in [0.3, 0.4) is 0 Å². The number of carbonyl (C=O) groups is 2. The zero-order valence-electron chi connectivity index (χ0n) is 34.1. The Kier molecular flexibility index (Phi) is 32.2. The lowest BCUT2D eigenvalue weighted by atomic mass is 9.85. The second-order valence-electron chi connectivity index (χ2n) is 13.4. The van der Waals surface area contributed by atoms with E-state index in [1.54, 1.807) is 6.92 Å². The number of aliphatic hydroxyl groups excluding tert-OH is 5. The molecule has 350 valence electrons. The van der Waals surface area contributed by atoms with Gasteiger partial charge in [0.15, 0.2) is 0 Å². The molecular formula is C39H77NO17P2. The number of rotatable bonds is 27. The maximum atomic E-state index is 12.5. The van der Waals surface area contributed by atoms with Gasteiger partial charge in [-0.15, -0.1) is 0 Å². The topological polar surface area (TPSA) is 288 Å². The number of carbonyl (C=O) groups excluding carboxylic acids is 2. The lowest BCUT2D eigenvalue weighted by Gasteiger charge is -2.43. The summed E-state index contributed by atoms with van der Waals surface area (Å²) in [6.45, 7) is 3.88. The van der Waals surface area contributed by atoms with E-state index in [4.69, 9.17) is 33.4 Å². The van der Waals surface area contributed by atoms with Gasteiger partial charge in [-0.25, -0.2) is 9.13 Å². The summed E-state index contributed by atoms with van der Waals surface area (Å²) in [5, 5.41) is 51.7. The first-order valence-corrected chi connectivity index (χ1v) is 22.8. The van der Waals surface area contributed by atoms with Gasteiger partial charge < -0.3 is 49.7 Å². The Morgan fingerprint density at radius 2 is 1.17 bits per heavy atom. The highest BCUT2D eigenvalue weighted by molar-refractivity contribution is 7.47. The van der Waals surface area contributed by atoms with Crippen LogP contribution in [0, 0.1) is 47.5 Å². The van der Waals surface area contributed by atoms with Gasteiger partial charge in [0.1, 0.15) is 49.5 Å². The molecule has 0 bridgehead atoms. The maximum Gasteiger partial charge on any atom is 0.472 e. The quantitative estimate of drug-likeness (QED) is 0.0138. The Hall–Kier alpha value is -2.84. The summed E-state index contributed by atoms with van der Waals surface area (Å²) < 4.78 is 47.5. The second-order valence-corrected chi connectivity index (χ2v) is 16.0. The zero-order chi connectivity index (χ0) is 44.5. The highest BCUT2D eigenvalue weighted by Crippen LogP contribution is 2.49. The molecule has 1 amide bonds. The van der Waals surface area contributed by atoms with Crippen molar-refractivity contribution < 1.29 is 92.0 Å². The van der Waals surface area contributed by atoms with Crippen LogP contribution in [0.4, 0.5) is 0 Å². The minimum Gasteiger partial charge on any atom is -0.457 e. The van der Waals surface area contributed by atoms with Crippen molar-refractivity contribution in [2.75, 3.05) is 20.0 Å². The SMILES string of the molecule is CC#CC#CC#CC#CNC(=O)CCC.CCCCCCCCCCCCCCCC(=O)O[C@H](COCO)COP(=O)(O)OC1C(O)[C@H](O)[C@H](O)C(OP(=O)(O)O)[C@@H]1O.[HH].[HH].[HH].[HH].[HH].[HH].[HH]. The highest BCUT2D eigenvalue weighted by atomic mass is 31.2. The van der Waals surface area contributed by atoms with Crippen LogP contribution in [-0.4, -0.2) is 115 Å². The van der Waals surface area contributed by atoms with Crippen LogP contribution < -0.4 is 5.32 Å². The van der Waals surface area contributed by atoms with Gasteiger partial charge >= 0.3 is 21.6 Å². The van der Waals surface area contributed by atoms with Crippen molar-refractivity contribution in [3.8, 4) is 47.5 Å². The number of amides is 1. The number of hydrogen-bond acceptors (Lipinski definition) is 14. The highest BCUT2D eigenvalue weighted by Gasteiger charge is 2.54. The lowest BCUT2D eigenvalue weighted by molar-refractivity contribution is -0.216. The van der Waals surface area contributed by atoms with E-state index in [0.29, 0.717) is 12.8 Å². The molecular weight excluding hydrogens is 816 g/mol. The van der Waals surface area contributed by atoms with Gasteiger partial charge in [0.2, 0.25) is 5.91 Å². The van der Waals surface area contributed by atoms with E-state index >= 15 is 0 Å². The van der Waals surface area contributed by atoms with Gasteiger partial charge in [0.05, 0.1) is 13.2 Å². The van der Waals surface area contributed by atoms with E-state index in [2.05, 4.69) is 64.3 Å². The Labute approximate surface area is 358 Å². The molecule has 0 saturated heterocycles. The Balaban J connectivity index is -0.000000220. The molecule has 9 N–H and O–H groups in total. The third kappa shape index (κ3) is 29.1. The van der Waals surface area contributed by atoms with Crippen molar-refractivity contribution in [3.63, 3.8) is 0 Å². The number of aliphatic hydroxyl groups is 5. The first-order valence-electron chi connectivity index (χ1n) is 19.7. The minimum atomic E-state index is -5.32. The molecule has 0 heterocycles. The molecule has 0 aromatic rings. The zero-order valence-corrected chi connectivity index (χ0v) is 35.9. The van der Waals surface area contributed by atoms with Gasteiger partial charge in [-0.3, -0.25) is 28.5 Å². The van der Waals surface area contributed by atoms with Crippen molar-refractivity contribution in [3.05, 3.63) is 0 Å². The smallest absolute Gasteiger partial charge is 0.457 e. The van der Waals surface area contributed by atoms with Crippen LogP contribution >= 0.6 is 15.6 Å². The molecule has 0 aromatic heterocycles. The maximum absolute atomic E-state index is 12.5. The predicted molar refractivity (Wildman–Crippen MR) is 229 cm³/mol. The fraction of sp³-hybridized carbons (Fsp3) is 0.744. The Morgan fingerprint density at radius 1 is 0.661 bits per heavy atom. The number of esters is 1. The molecule has 1 rings (SSSR count). The number of unbranched alkanes of at least 4 members (excludes halogenated alkanes) is 12. The number of phosphoric acid groups is 2. The molecule has 8 atom stereocenters. The van der Waals surface area contributed by atoms with Gasteiger partial charge in [-0.2, -0.15) is 0 Å². The normalized spacial score (nSPS) is 21.1. The van der Waals surface area contributed by atoms with E-state index < -0.39 is 84.3 Å². The average Bonchev–Trinajstić information content (AvgIpc) is 3.18. The van der Waals surface area contributed by atoms with E-state index in [9.17, 15) is 44.0 Å². The number of nitrogens with one attached hydrogen (secondary N) is 1. The van der Waals surface area contributed by atoms with Gasteiger partial charge in [-0.1, -0.05) is 96.8 Å². The molecule has 1 aliphatic rings. The molecule has 18 nitrogen and oxygen atoms in total. The average molecular weight is 894 g/mol. The number of ether oxygens (including phenoxy) is 2. The van der Waals surface area contributed by atoms with Crippen LogP contribution in [0.15, 0.2) is 0 Å². The summed E-state index contributed by atoms with van der Waals surface area (Å²) in [7, 11) is -10.5. The molecule has 4 unspecified atom stereocenters. The standard InChI is InChI=1S/C26H52O16P2.C13H11NO.7H2/c1-2-3-4-5-6-7-8-9-10-11-12-13-14-15-20(28)40-19(16-38-18-27)17-39-44(36,37)42-26-23(31)21(29)22(30)25(24(26)32)41-43(33,34)35;1-3-5-6-7-8-9-10-12-14-13(15)11-4-2;;;;;;;/h19,21-27,29-32H,2-18H2,1H3,(H,36,37)(H2,33,34,35);4,11H2,1-2H3,(H,14,15);7*1H/t19-,21-,22+,23?,24+,25?,26?;;;;;;;;/m1......../s1. The van der Waals surface area contributed by atoms with Crippen LogP contribution in [0.2, 0.25) is 0 Å². The fourth-order valence-electron chi connectivity index (χ4n) is 5.39. The van der Waals surface area contributed by atoms with Gasteiger partial charge in [-0.05, 0) is 37.5 Å². The molecule has 0 spiro atoms. The molecule has 20 heteroatoms. The summed E-state index contributed by atoms with van der Waals surface area (Å²) in [6.07, 6.45) is 1.53. The molecule has 0 radical (unpaired) electrons. The monoisotopic (exact) mass is 893 g/mol. The Morgan fingerprint density at radius 3 is 1.68 bits per heavy atom. The summed E-state index contributed by atoms with van der Waals surface area (Å²) in [4.78, 5) is 51.4. The first kappa shape index (κ1) is 56.2. The summed E-state index contributed by atoms with van der Waals surface area (Å²) in [5.41, 5.74) is 0. The minimum absolute atomic E-state index is 0. The van der Waals surface area contributed by atoms with E-state index in [0.717, 1.165) is 32.1 Å². The molecule has 1 fully saturated rings. The van der Waals surface area contributed by atoms with Gasteiger partial charge in [0, 0.05) is 46.6 Å². The molecule has 0 aromatic carbocycles. The third-order valence-corrected chi connectivity index (χ3v) is 9.84. The third-order valence-electron chi connectivity index (χ3n) is 8.34. The van der Waals surface area contributed by atoms with Crippen molar-refractivity contribution >= 4 is 27.5 Å². The van der Waals surface area contributed by atoms with Crippen molar-refractivity contribution in [2.24, 2.45) is 0 Å². The lowest BCUT2D eigenvalue weighted by Crippen LogP contribution is -2.64. The predicted octanol–water partition coefficient (Wildman–Crippen LogP) is 4.40. The molecule has 1 aliphatic carbocycles. The van der Waals surface area contributed by atoms with Crippen LogP contribution in [0.5, 0.6) is 0 Å². The second kappa shape index (κ2) is 33.8. The fourth-order valence-corrected chi connectivity index (χ4v) is 6.93. The molecule has 59 heavy (non-hydrogen) atoms. The van der Waals surface area contributed by atoms with Crippen molar-refractivity contribution in [1.82, 2.24) is 5.32 Å². The Bertz CT molecular complexity index is 1580. The van der Waals surface area contributed by atoms with Crippen LogP contribution in [-0.2, 0) is 41.8 Å². The number of hydrogen-bond donors (Lipinski definition) is 9. The summed E-state index contributed by atoms with van der Waals surface area (Å²) in [5.74, 6) is 16.9.